The molecule has 6 heteroatoms. The van der Waals surface area contributed by atoms with Gasteiger partial charge in [-0.05, 0) is 53.5 Å². The van der Waals surface area contributed by atoms with Crippen molar-refractivity contribution in [1.29, 1.82) is 0 Å². The number of hydrogen-bond donors (Lipinski definition) is 1. The Morgan fingerprint density at radius 3 is 2.67 bits per heavy atom. The molecule has 102 valence electrons. The molecule has 1 aromatic rings. The first-order valence-corrected chi connectivity index (χ1v) is 8.51. The van der Waals surface area contributed by atoms with Crippen LogP contribution >= 0.6 is 15.9 Å². The highest BCUT2D eigenvalue weighted by atomic mass is 79.9. The van der Waals surface area contributed by atoms with Crippen LogP contribution in [-0.4, -0.2) is 27.0 Å². The molecule has 1 N–H and O–H groups in total. The third-order valence-corrected chi connectivity index (χ3v) is 4.22. The Kier molecular flexibility index (Phi) is 5.75. The minimum absolute atomic E-state index is 0.0569. The number of hydrogen-bond acceptors (Lipinski definition) is 3. The van der Waals surface area contributed by atoms with E-state index in [-0.39, 0.29) is 17.6 Å². The van der Waals surface area contributed by atoms with Crippen molar-refractivity contribution in [2.24, 2.45) is 0 Å². The highest BCUT2D eigenvalue weighted by Crippen LogP contribution is 2.21. The van der Waals surface area contributed by atoms with Gasteiger partial charge in [-0.25, -0.2) is 12.8 Å². The van der Waals surface area contributed by atoms with Gasteiger partial charge in [0.15, 0.2) is 0 Å². The van der Waals surface area contributed by atoms with Crippen LogP contribution in [-0.2, 0) is 9.84 Å². The standard InChI is InChI=1S/C12H17BrFNO2S/c1-9(15-6-3-7-18(2,16)17)10-4-5-12(14)11(13)8-10/h4-5,8-9,15H,3,6-7H2,1-2H3. The summed E-state index contributed by atoms with van der Waals surface area (Å²) < 4.78 is 35.4. The molecule has 0 spiro atoms. The van der Waals surface area contributed by atoms with E-state index in [4.69, 9.17) is 0 Å². The lowest BCUT2D eigenvalue weighted by Gasteiger charge is -2.14. The molecule has 0 aliphatic heterocycles. The highest BCUT2D eigenvalue weighted by molar-refractivity contribution is 9.10. The second kappa shape index (κ2) is 6.63. The maximum Gasteiger partial charge on any atom is 0.147 e. The van der Waals surface area contributed by atoms with Gasteiger partial charge in [-0.3, -0.25) is 0 Å². The van der Waals surface area contributed by atoms with Crippen LogP contribution in [0.3, 0.4) is 0 Å². The van der Waals surface area contributed by atoms with Crippen molar-refractivity contribution in [2.45, 2.75) is 19.4 Å². The maximum atomic E-state index is 13.1. The van der Waals surface area contributed by atoms with Gasteiger partial charge in [0, 0.05) is 12.3 Å². The van der Waals surface area contributed by atoms with Crippen LogP contribution in [0, 0.1) is 5.82 Å². The van der Waals surface area contributed by atoms with Crippen LogP contribution in [0.4, 0.5) is 4.39 Å². The van der Waals surface area contributed by atoms with Crippen LogP contribution in [0.15, 0.2) is 22.7 Å². The van der Waals surface area contributed by atoms with Crippen LogP contribution in [0.2, 0.25) is 0 Å². The lowest BCUT2D eigenvalue weighted by atomic mass is 10.1. The lowest BCUT2D eigenvalue weighted by Crippen LogP contribution is -2.21. The smallest absolute Gasteiger partial charge is 0.147 e. The van der Waals surface area contributed by atoms with Crippen molar-refractivity contribution in [3.05, 3.63) is 34.1 Å². The van der Waals surface area contributed by atoms with Gasteiger partial charge in [-0.2, -0.15) is 0 Å². The molecule has 18 heavy (non-hydrogen) atoms. The summed E-state index contributed by atoms with van der Waals surface area (Å²) in [6.07, 6.45) is 1.80. The number of benzene rings is 1. The van der Waals surface area contributed by atoms with E-state index in [1.54, 1.807) is 12.1 Å². The molecule has 0 heterocycles. The Bertz CT molecular complexity index is 505. The molecule has 1 unspecified atom stereocenters. The maximum absolute atomic E-state index is 13.1. The molecule has 1 aromatic carbocycles. The summed E-state index contributed by atoms with van der Waals surface area (Å²) in [7, 11) is -2.90. The predicted octanol–water partition coefficient (Wildman–Crippen LogP) is 2.67. The van der Waals surface area contributed by atoms with Crippen molar-refractivity contribution >= 4 is 25.8 Å². The van der Waals surface area contributed by atoms with E-state index in [9.17, 15) is 12.8 Å². The van der Waals surface area contributed by atoms with Gasteiger partial charge in [-0.1, -0.05) is 6.07 Å². The van der Waals surface area contributed by atoms with Crippen LogP contribution in [0.1, 0.15) is 24.9 Å². The Morgan fingerprint density at radius 1 is 1.44 bits per heavy atom. The van der Waals surface area contributed by atoms with E-state index in [1.165, 1.54) is 12.3 Å². The summed E-state index contributed by atoms with van der Waals surface area (Å²) in [5.41, 5.74) is 0.961. The molecular weight excluding hydrogens is 321 g/mol. The van der Waals surface area contributed by atoms with Gasteiger partial charge >= 0.3 is 0 Å². The van der Waals surface area contributed by atoms with Gasteiger partial charge in [0.1, 0.15) is 15.7 Å². The van der Waals surface area contributed by atoms with E-state index < -0.39 is 9.84 Å². The highest BCUT2D eigenvalue weighted by Gasteiger charge is 2.08. The topological polar surface area (TPSA) is 46.2 Å². The van der Waals surface area contributed by atoms with E-state index in [0.717, 1.165) is 5.56 Å². The SMILES string of the molecule is CC(NCCCS(C)(=O)=O)c1ccc(F)c(Br)c1. The molecule has 0 aromatic heterocycles. The summed E-state index contributed by atoms with van der Waals surface area (Å²) in [5.74, 6) is -0.108. The summed E-state index contributed by atoms with van der Waals surface area (Å²) >= 11 is 3.14. The zero-order chi connectivity index (χ0) is 13.8. The fourth-order valence-corrected chi connectivity index (χ4v) is 2.62. The van der Waals surface area contributed by atoms with Gasteiger partial charge in [-0.15, -0.1) is 0 Å². The second-order valence-electron chi connectivity index (χ2n) is 4.33. The van der Waals surface area contributed by atoms with Crippen molar-refractivity contribution in [3.63, 3.8) is 0 Å². The molecule has 0 saturated heterocycles. The number of sulfone groups is 1. The molecule has 0 bridgehead atoms. The van der Waals surface area contributed by atoms with Crippen LogP contribution in [0.25, 0.3) is 0 Å². The summed E-state index contributed by atoms with van der Waals surface area (Å²) in [6, 6.07) is 4.91. The van der Waals surface area contributed by atoms with Gasteiger partial charge in [0.2, 0.25) is 0 Å². The molecular formula is C12H17BrFNO2S. The average molecular weight is 338 g/mol. The minimum atomic E-state index is -2.90. The lowest BCUT2D eigenvalue weighted by molar-refractivity contribution is 0.559. The average Bonchev–Trinajstić information content (AvgIpc) is 2.26. The quantitative estimate of drug-likeness (QED) is 0.812. The molecule has 0 radical (unpaired) electrons. The van der Waals surface area contributed by atoms with Gasteiger partial charge < -0.3 is 5.32 Å². The summed E-state index contributed by atoms with van der Waals surface area (Å²) in [5, 5.41) is 3.21. The van der Waals surface area contributed by atoms with Crippen molar-refractivity contribution in [3.8, 4) is 0 Å². The Balaban J connectivity index is 2.45. The molecule has 0 saturated carbocycles. The van der Waals surface area contributed by atoms with E-state index >= 15 is 0 Å². The fraction of sp³-hybridized carbons (Fsp3) is 0.500. The molecule has 0 aliphatic rings. The zero-order valence-corrected chi connectivity index (χ0v) is 12.8. The van der Waals surface area contributed by atoms with Crippen LogP contribution in [0.5, 0.6) is 0 Å². The van der Waals surface area contributed by atoms with Crippen molar-refractivity contribution < 1.29 is 12.8 Å². The van der Waals surface area contributed by atoms with Gasteiger partial charge in [0.05, 0.1) is 10.2 Å². The fourth-order valence-electron chi connectivity index (χ4n) is 1.55. The van der Waals surface area contributed by atoms with Gasteiger partial charge in [0.25, 0.3) is 0 Å². The second-order valence-corrected chi connectivity index (χ2v) is 7.45. The van der Waals surface area contributed by atoms with Crippen molar-refractivity contribution in [1.82, 2.24) is 5.32 Å². The van der Waals surface area contributed by atoms with E-state index in [1.807, 2.05) is 6.92 Å². The van der Waals surface area contributed by atoms with Crippen molar-refractivity contribution in [2.75, 3.05) is 18.6 Å². The third-order valence-electron chi connectivity index (χ3n) is 2.59. The number of halogens is 2. The third kappa shape index (κ3) is 5.46. The first-order valence-electron chi connectivity index (χ1n) is 5.65. The molecule has 0 aliphatic carbocycles. The molecule has 0 fully saturated rings. The molecule has 0 amide bonds. The van der Waals surface area contributed by atoms with E-state index in [0.29, 0.717) is 17.4 Å². The summed E-state index contributed by atoms with van der Waals surface area (Å²) in [4.78, 5) is 0. The summed E-state index contributed by atoms with van der Waals surface area (Å²) in [6.45, 7) is 2.57. The minimum Gasteiger partial charge on any atom is -0.310 e. The monoisotopic (exact) mass is 337 g/mol. The number of nitrogens with one attached hydrogen (secondary N) is 1. The Labute approximate surface area is 116 Å². The zero-order valence-electron chi connectivity index (χ0n) is 10.4. The molecule has 1 atom stereocenters. The number of rotatable bonds is 6. The first kappa shape index (κ1) is 15.6. The van der Waals surface area contributed by atoms with Crippen LogP contribution < -0.4 is 5.32 Å². The van der Waals surface area contributed by atoms with E-state index in [2.05, 4.69) is 21.2 Å². The largest absolute Gasteiger partial charge is 0.310 e. The predicted molar refractivity (Wildman–Crippen MR) is 74.8 cm³/mol. The molecule has 3 nitrogen and oxygen atoms in total. The molecule has 1 rings (SSSR count). The Morgan fingerprint density at radius 2 is 2.11 bits per heavy atom. The first-order chi connectivity index (χ1) is 8.29. The normalized spacial score (nSPS) is 13.6. The Hall–Kier alpha value is -0.460.